The molecule has 1 amide bonds. The molecular formula is C20H21N3O2. The quantitative estimate of drug-likeness (QED) is 0.897. The summed E-state index contributed by atoms with van der Waals surface area (Å²) in [5, 5.41) is 12.4. The van der Waals surface area contributed by atoms with Crippen molar-refractivity contribution < 1.29 is 9.53 Å². The van der Waals surface area contributed by atoms with Crippen molar-refractivity contribution in [3.8, 4) is 6.07 Å². The van der Waals surface area contributed by atoms with Crippen molar-refractivity contribution in [2.75, 3.05) is 23.4 Å². The highest BCUT2D eigenvalue weighted by atomic mass is 16.5. The summed E-state index contributed by atoms with van der Waals surface area (Å²) in [6.07, 6.45) is -0.464. The highest BCUT2D eigenvalue weighted by molar-refractivity contribution is 5.84. The van der Waals surface area contributed by atoms with Crippen LogP contribution in [-0.2, 0) is 4.74 Å². The van der Waals surface area contributed by atoms with E-state index in [1.54, 1.807) is 6.92 Å². The molecule has 0 saturated heterocycles. The predicted molar refractivity (Wildman–Crippen MR) is 97.6 cm³/mol. The zero-order valence-corrected chi connectivity index (χ0v) is 14.4. The molecule has 2 atom stereocenters. The summed E-state index contributed by atoms with van der Waals surface area (Å²) in [4.78, 5) is 13.8. The number of nitriles is 1. The summed E-state index contributed by atoms with van der Waals surface area (Å²) in [7, 11) is 0. The number of para-hydroxylation sites is 1. The van der Waals surface area contributed by atoms with Crippen LogP contribution < -0.4 is 10.2 Å². The first kappa shape index (κ1) is 16.8. The maximum atomic E-state index is 11.5. The fraction of sp³-hybridized carbons (Fsp3) is 0.300. The van der Waals surface area contributed by atoms with E-state index in [9.17, 15) is 10.1 Å². The van der Waals surface area contributed by atoms with Gasteiger partial charge < -0.3 is 9.64 Å². The molecule has 1 heterocycles. The number of ether oxygens (including phenoxy) is 1. The number of carbonyl (C=O) groups excluding carboxylic acids is 1. The molecule has 0 spiro atoms. The zero-order valence-electron chi connectivity index (χ0n) is 14.4. The summed E-state index contributed by atoms with van der Waals surface area (Å²) < 4.78 is 4.89. The fourth-order valence-electron chi connectivity index (χ4n) is 3.44. The summed E-state index contributed by atoms with van der Waals surface area (Å²) in [6, 6.07) is 18.1. The predicted octanol–water partition coefficient (Wildman–Crippen LogP) is 4.44. The molecule has 2 aromatic rings. The Morgan fingerprint density at radius 3 is 2.56 bits per heavy atom. The van der Waals surface area contributed by atoms with Crippen LogP contribution in [0, 0.1) is 11.3 Å². The molecule has 5 heteroatoms. The highest BCUT2D eigenvalue weighted by Crippen LogP contribution is 2.48. The van der Waals surface area contributed by atoms with Gasteiger partial charge in [-0.05, 0) is 43.2 Å². The van der Waals surface area contributed by atoms with Gasteiger partial charge in [0.1, 0.15) is 0 Å². The number of benzene rings is 2. The number of hydrogen-bond acceptors (Lipinski definition) is 4. The molecule has 1 aliphatic heterocycles. The van der Waals surface area contributed by atoms with Gasteiger partial charge in [-0.2, -0.15) is 5.26 Å². The van der Waals surface area contributed by atoms with Crippen LogP contribution in [0.4, 0.5) is 16.2 Å². The molecule has 0 aromatic heterocycles. The van der Waals surface area contributed by atoms with Gasteiger partial charge in [-0.15, -0.1) is 0 Å². The number of nitrogens with one attached hydrogen (secondary N) is 1. The van der Waals surface area contributed by atoms with Crippen molar-refractivity contribution >= 4 is 17.5 Å². The van der Waals surface area contributed by atoms with Gasteiger partial charge >= 0.3 is 6.09 Å². The lowest BCUT2D eigenvalue weighted by molar-refractivity contribution is 0.168. The number of fused-ring (bicyclic) bond motifs is 1. The lowest BCUT2D eigenvalue weighted by Crippen LogP contribution is -2.26. The standard InChI is InChI=1S/C20H21N3O2/c1-3-23-18-8-6-5-7-16(18)17(13-21)19(23)14-9-11-15(12-10-14)22-20(24)25-4-2/h5-12,17,19H,3-4H2,1-2H3,(H,22,24). The molecule has 1 N–H and O–H groups in total. The Balaban J connectivity index is 1.88. The minimum atomic E-state index is -0.464. The second-order valence-electron chi connectivity index (χ2n) is 5.86. The molecular weight excluding hydrogens is 314 g/mol. The van der Waals surface area contributed by atoms with Crippen LogP contribution in [0.1, 0.15) is 36.9 Å². The second-order valence-corrected chi connectivity index (χ2v) is 5.86. The largest absolute Gasteiger partial charge is 0.450 e. The highest BCUT2D eigenvalue weighted by Gasteiger charge is 2.38. The molecule has 0 radical (unpaired) electrons. The normalized spacial score (nSPS) is 18.4. The van der Waals surface area contributed by atoms with E-state index in [-0.39, 0.29) is 12.0 Å². The van der Waals surface area contributed by atoms with E-state index in [2.05, 4.69) is 29.3 Å². The minimum absolute atomic E-state index is 0.0240. The third-order valence-corrected chi connectivity index (χ3v) is 4.49. The van der Waals surface area contributed by atoms with E-state index in [0.717, 1.165) is 23.4 Å². The van der Waals surface area contributed by atoms with E-state index in [4.69, 9.17) is 4.74 Å². The van der Waals surface area contributed by atoms with Crippen LogP contribution in [0.3, 0.4) is 0 Å². The third-order valence-electron chi connectivity index (χ3n) is 4.49. The Hall–Kier alpha value is -3.00. The molecule has 3 rings (SSSR count). The van der Waals surface area contributed by atoms with Gasteiger partial charge in [0, 0.05) is 17.9 Å². The van der Waals surface area contributed by atoms with E-state index in [0.29, 0.717) is 12.3 Å². The molecule has 5 nitrogen and oxygen atoms in total. The van der Waals surface area contributed by atoms with Crippen molar-refractivity contribution in [1.82, 2.24) is 0 Å². The second kappa shape index (κ2) is 7.27. The van der Waals surface area contributed by atoms with E-state index in [1.165, 1.54) is 0 Å². The van der Waals surface area contributed by atoms with Crippen molar-refractivity contribution in [3.05, 3.63) is 59.7 Å². The van der Waals surface area contributed by atoms with Gasteiger partial charge in [0.05, 0.1) is 24.6 Å². The number of amides is 1. The molecule has 0 fully saturated rings. The first-order chi connectivity index (χ1) is 12.2. The zero-order chi connectivity index (χ0) is 17.8. The number of carbonyl (C=O) groups is 1. The van der Waals surface area contributed by atoms with E-state index < -0.39 is 6.09 Å². The Morgan fingerprint density at radius 1 is 1.20 bits per heavy atom. The number of hydrogen-bond donors (Lipinski definition) is 1. The Kier molecular flexibility index (Phi) is 4.90. The molecule has 128 valence electrons. The monoisotopic (exact) mass is 335 g/mol. The van der Waals surface area contributed by atoms with Crippen LogP contribution in [0.25, 0.3) is 0 Å². The maximum absolute atomic E-state index is 11.5. The summed E-state index contributed by atoms with van der Waals surface area (Å²) in [5.41, 5.74) is 3.93. The SMILES string of the molecule is CCOC(=O)Nc1ccc(C2C(C#N)c3ccccc3N2CC)cc1. The Bertz CT molecular complexity index is 795. The Morgan fingerprint density at radius 2 is 1.92 bits per heavy atom. The van der Waals surface area contributed by atoms with Crippen molar-refractivity contribution in [1.29, 1.82) is 5.26 Å². The van der Waals surface area contributed by atoms with Crippen molar-refractivity contribution in [2.45, 2.75) is 25.8 Å². The smallest absolute Gasteiger partial charge is 0.411 e. The van der Waals surface area contributed by atoms with Crippen LogP contribution in [0.2, 0.25) is 0 Å². The number of rotatable bonds is 4. The average molecular weight is 335 g/mol. The van der Waals surface area contributed by atoms with Crippen molar-refractivity contribution in [2.24, 2.45) is 0 Å². The molecule has 1 aliphatic rings. The first-order valence-electron chi connectivity index (χ1n) is 8.48. The third kappa shape index (κ3) is 3.16. The molecule has 25 heavy (non-hydrogen) atoms. The first-order valence-corrected chi connectivity index (χ1v) is 8.48. The van der Waals surface area contributed by atoms with Gasteiger partial charge in [-0.25, -0.2) is 4.79 Å². The number of nitrogens with zero attached hydrogens (tertiary/aromatic N) is 2. The minimum Gasteiger partial charge on any atom is -0.450 e. The average Bonchev–Trinajstić information content (AvgIpc) is 2.96. The summed E-state index contributed by atoms with van der Waals surface area (Å²) >= 11 is 0. The van der Waals surface area contributed by atoms with Gasteiger partial charge in [0.15, 0.2) is 0 Å². The van der Waals surface area contributed by atoms with Gasteiger partial charge in [-0.1, -0.05) is 30.3 Å². The molecule has 0 bridgehead atoms. The number of likely N-dealkylation sites (N-methyl/N-ethyl adjacent to an activating group) is 1. The van der Waals surface area contributed by atoms with Gasteiger partial charge in [0.2, 0.25) is 0 Å². The molecule has 2 aromatic carbocycles. The van der Waals surface area contributed by atoms with Crippen LogP contribution in [-0.4, -0.2) is 19.2 Å². The maximum Gasteiger partial charge on any atom is 0.411 e. The van der Waals surface area contributed by atoms with E-state index >= 15 is 0 Å². The van der Waals surface area contributed by atoms with Gasteiger partial charge in [-0.3, -0.25) is 5.32 Å². The van der Waals surface area contributed by atoms with Gasteiger partial charge in [0.25, 0.3) is 0 Å². The summed E-state index contributed by atoms with van der Waals surface area (Å²) in [5.74, 6) is -0.208. The lowest BCUT2D eigenvalue weighted by atomic mass is 9.91. The lowest BCUT2D eigenvalue weighted by Gasteiger charge is -2.28. The van der Waals surface area contributed by atoms with Crippen LogP contribution in [0.5, 0.6) is 0 Å². The Labute approximate surface area is 147 Å². The molecule has 0 saturated carbocycles. The van der Waals surface area contributed by atoms with Crippen LogP contribution >= 0.6 is 0 Å². The number of anilines is 2. The molecule has 0 aliphatic carbocycles. The van der Waals surface area contributed by atoms with E-state index in [1.807, 2.05) is 42.5 Å². The fourth-order valence-corrected chi connectivity index (χ4v) is 3.44. The summed E-state index contributed by atoms with van der Waals surface area (Å²) in [6.45, 7) is 5.02. The van der Waals surface area contributed by atoms with Crippen molar-refractivity contribution in [3.63, 3.8) is 0 Å². The topological polar surface area (TPSA) is 65.4 Å². The van der Waals surface area contributed by atoms with Crippen LogP contribution in [0.15, 0.2) is 48.5 Å². The molecule has 2 unspecified atom stereocenters.